The summed E-state index contributed by atoms with van der Waals surface area (Å²) in [6, 6.07) is 4.44. The molecule has 0 radical (unpaired) electrons. The van der Waals surface area contributed by atoms with Gasteiger partial charge in [0.25, 0.3) is 0 Å². The quantitative estimate of drug-likeness (QED) is 0.313. The minimum Gasteiger partial charge on any atom is -0.427 e. The highest BCUT2D eigenvalue weighted by atomic mass is 35.5. The molecule has 0 aliphatic heterocycles. The molecule has 0 spiro atoms. The predicted octanol–water partition coefficient (Wildman–Crippen LogP) is 3.05. The Morgan fingerprint density at radius 1 is 1.09 bits per heavy atom. The normalized spacial score (nSPS) is 11.8. The Morgan fingerprint density at radius 3 is 2.36 bits per heavy atom. The molecule has 0 amide bonds. The summed E-state index contributed by atoms with van der Waals surface area (Å²) in [7, 11) is -1.35. The number of rotatable bonds is 8. The number of esters is 2. The fourth-order valence-electron chi connectivity index (χ4n) is 1.75. The van der Waals surface area contributed by atoms with E-state index in [0.29, 0.717) is 16.5 Å². The zero-order valence-electron chi connectivity index (χ0n) is 12.6. The Hall–Kier alpha value is -1.40. The van der Waals surface area contributed by atoms with Gasteiger partial charge in [0, 0.05) is 31.5 Å². The van der Waals surface area contributed by atoms with Crippen LogP contribution in [0.5, 0.6) is 11.5 Å². The van der Waals surface area contributed by atoms with Crippen LogP contribution in [0.2, 0.25) is 0 Å². The third-order valence-corrected chi connectivity index (χ3v) is 4.38. The summed E-state index contributed by atoms with van der Waals surface area (Å²) in [5.74, 6) is 0.522. The maximum absolute atomic E-state index is 12.4. The van der Waals surface area contributed by atoms with Gasteiger partial charge in [-0.3, -0.25) is 13.8 Å². The highest BCUT2D eigenvalue weighted by molar-refractivity contribution is 7.85. The average molecular weight is 347 g/mol. The Balaban J connectivity index is 2.91. The van der Waals surface area contributed by atoms with Crippen molar-refractivity contribution in [3.05, 3.63) is 18.2 Å². The molecular formula is C15H19ClO5S. The van der Waals surface area contributed by atoms with Crippen LogP contribution < -0.4 is 9.47 Å². The van der Waals surface area contributed by atoms with E-state index >= 15 is 0 Å². The van der Waals surface area contributed by atoms with Gasteiger partial charge in [-0.05, 0) is 25.0 Å². The van der Waals surface area contributed by atoms with Crippen molar-refractivity contribution in [2.45, 2.75) is 38.0 Å². The van der Waals surface area contributed by atoms with Crippen LogP contribution in [0.4, 0.5) is 0 Å². The number of hydrogen-bond donors (Lipinski definition) is 0. The van der Waals surface area contributed by atoms with Crippen molar-refractivity contribution < 1.29 is 23.3 Å². The van der Waals surface area contributed by atoms with Gasteiger partial charge in [0.15, 0.2) is 0 Å². The molecule has 0 heterocycles. The van der Waals surface area contributed by atoms with E-state index in [-0.39, 0.29) is 11.5 Å². The average Bonchev–Trinajstić information content (AvgIpc) is 2.44. The van der Waals surface area contributed by atoms with E-state index in [0.717, 1.165) is 19.3 Å². The summed E-state index contributed by atoms with van der Waals surface area (Å²) in [4.78, 5) is 22.5. The number of ether oxygens (including phenoxy) is 2. The van der Waals surface area contributed by atoms with Gasteiger partial charge in [-0.15, -0.1) is 11.6 Å². The Morgan fingerprint density at radius 2 is 1.77 bits per heavy atom. The van der Waals surface area contributed by atoms with Gasteiger partial charge in [-0.25, -0.2) is 0 Å². The Labute approximate surface area is 137 Å². The number of carbonyl (C=O) groups is 2. The molecule has 22 heavy (non-hydrogen) atoms. The second-order valence-corrected chi connectivity index (χ2v) is 6.51. The van der Waals surface area contributed by atoms with E-state index in [1.807, 2.05) is 0 Å². The molecule has 0 aliphatic carbocycles. The lowest BCUT2D eigenvalue weighted by atomic mass is 10.3. The fourth-order valence-corrected chi connectivity index (χ4v) is 3.21. The third kappa shape index (κ3) is 6.58. The van der Waals surface area contributed by atoms with E-state index in [9.17, 15) is 13.8 Å². The van der Waals surface area contributed by atoms with Crippen LogP contribution in [0.1, 0.15) is 33.1 Å². The number of carbonyl (C=O) groups excluding carboxylic acids is 2. The molecule has 5 nitrogen and oxygen atoms in total. The summed E-state index contributed by atoms with van der Waals surface area (Å²) in [5, 5.41) is 0. The lowest BCUT2D eigenvalue weighted by Gasteiger charge is -2.11. The summed E-state index contributed by atoms with van der Waals surface area (Å²) >= 11 is 5.60. The van der Waals surface area contributed by atoms with Crippen LogP contribution in [-0.2, 0) is 20.4 Å². The van der Waals surface area contributed by atoms with Gasteiger partial charge < -0.3 is 9.47 Å². The van der Waals surface area contributed by atoms with Crippen molar-refractivity contribution in [3.63, 3.8) is 0 Å². The predicted molar refractivity (Wildman–Crippen MR) is 84.9 cm³/mol. The molecule has 1 aromatic carbocycles. The SMILES string of the molecule is CC(=O)Oc1ccc(OC(C)=O)c(S(=O)CCCCCCl)c1. The molecule has 1 aromatic rings. The molecule has 7 heteroatoms. The first-order chi connectivity index (χ1) is 10.4. The molecule has 0 saturated heterocycles. The van der Waals surface area contributed by atoms with Crippen LogP contribution >= 0.6 is 11.6 Å². The lowest BCUT2D eigenvalue weighted by molar-refractivity contribution is -0.133. The highest BCUT2D eigenvalue weighted by Crippen LogP contribution is 2.28. The van der Waals surface area contributed by atoms with E-state index < -0.39 is 22.7 Å². The largest absolute Gasteiger partial charge is 0.427 e. The minimum absolute atomic E-state index is 0.221. The number of unbranched alkanes of at least 4 members (excludes halogenated alkanes) is 2. The van der Waals surface area contributed by atoms with Crippen LogP contribution in [0.25, 0.3) is 0 Å². The smallest absolute Gasteiger partial charge is 0.308 e. The summed E-state index contributed by atoms with van der Waals surface area (Å²) in [6.07, 6.45) is 2.49. The third-order valence-electron chi connectivity index (χ3n) is 2.64. The first kappa shape index (κ1) is 18.6. The van der Waals surface area contributed by atoms with Crippen LogP contribution in [0, 0.1) is 0 Å². The molecule has 0 aromatic heterocycles. The second-order valence-electron chi connectivity index (χ2n) is 4.60. The Bertz CT molecular complexity index is 559. The first-order valence-corrected chi connectivity index (χ1v) is 8.74. The van der Waals surface area contributed by atoms with E-state index in [1.54, 1.807) is 0 Å². The van der Waals surface area contributed by atoms with Gasteiger partial charge >= 0.3 is 11.9 Å². The summed E-state index contributed by atoms with van der Waals surface area (Å²) < 4.78 is 22.4. The molecule has 0 saturated carbocycles. The van der Waals surface area contributed by atoms with Crippen LogP contribution in [0.15, 0.2) is 23.1 Å². The first-order valence-electron chi connectivity index (χ1n) is 6.89. The number of halogens is 1. The van der Waals surface area contributed by atoms with Crippen molar-refractivity contribution in [1.82, 2.24) is 0 Å². The molecule has 122 valence electrons. The molecule has 0 N–H and O–H groups in total. The van der Waals surface area contributed by atoms with Crippen molar-refractivity contribution in [1.29, 1.82) is 0 Å². The molecule has 0 bridgehead atoms. The van der Waals surface area contributed by atoms with Crippen molar-refractivity contribution in [2.75, 3.05) is 11.6 Å². The summed E-state index contributed by atoms with van der Waals surface area (Å²) in [5.41, 5.74) is 0. The maximum Gasteiger partial charge on any atom is 0.308 e. The zero-order chi connectivity index (χ0) is 16.5. The van der Waals surface area contributed by atoms with Gasteiger partial charge in [0.2, 0.25) is 0 Å². The fraction of sp³-hybridized carbons (Fsp3) is 0.467. The molecule has 1 atom stereocenters. The standard InChI is InChI=1S/C15H19ClO5S/c1-11(17)20-13-6-7-14(21-12(2)18)15(10-13)22(19)9-5-3-4-8-16/h6-7,10H,3-5,8-9H2,1-2H3. The number of hydrogen-bond acceptors (Lipinski definition) is 5. The van der Waals surface area contributed by atoms with Crippen molar-refractivity contribution >= 4 is 34.3 Å². The molecule has 1 rings (SSSR count). The minimum atomic E-state index is -1.35. The topological polar surface area (TPSA) is 69.7 Å². The van der Waals surface area contributed by atoms with Gasteiger partial charge in [-0.1, -0.05) is 6.42 Å². The molecule has 1 unspecified atom stereocenters. The monoisotopic (exact) mass is 346 g/mol. The molecule has 0 fully saturated rings. The maximum atomic E-state index is 12.4. The summed E-state index contributed by atoms with van der Waals surface area (Å²) in [6.45, 7) is 2.55. The van der Waals surface area contributed by atoms with Crippen LogP contribution in [-0.4, -0.2) is 27.8 Å². The van der Waals surface area contributed by atoms with Crippen molar-refractivity contribution in [3.8, 4) is 11.5 Å². The van der Waals surface area contributed by atoms with E-state index in [2.05, 4.69) is 0 Å². The zero-order valence-corrected chi connectivity index (χ0v) is 14.2. The molecule has 0 aliphatic rings. The Kier molecular flexibility index (Phi) is 8.12. The van der Waals surface area contributed by atoms with Gasteiger partial charge in [0.1, 0.15) is 11.5 Å². The second kappa shape index (κ2) is 9.58. The number of benzene rings is 1. The van der Waals surface area contributed by atoms with E-state index in [4.69, 9.17) is 21.1 Å². The van der Waals surface area contributed by atoms with Crippen LogP contribution in [0.3, 0.4) is 0 Å². The van der Waals surface area contributed by atoms with Gasteiger partial charge in [0.05, 0.1) is 15.7 Å². The number of alkyl halides is 1. The lowest BCUT2D eigenvalue weighted by Crippen LogP contribution is -2.08. The van der Waals surface area contributed by atoms with Crippen molar-refractivity contribution in [2.24, 2.45) is 0 Å². The van der Waals surface area contributed by atoms with Gasteiger partial charge in [-0.2, -0.15) is 0 Å². The molecular weight excluding hydrogens is 328 g/mol. The highest BCUT2D eigenvalue weighted by Gasteiger charge is 2.15. The van der Waals surface area contributed by atoms with E-state index in [1.165, 1.54) is 32.0 Å².